The zero-order chi connectivity index (χ0) is 13.5. The van der Waals surface area contributed by atoms with E-state index in [9.17, 15) is 9.59 Å². The second-order valence-corrected chi connectivity index (χ2v) is 5.57. The Balaban J connectivity index is 2.25. The van der Waals surface area contributed by atoms with Crippen molar-refractivity contribution in [3.05, 3.63) is 0 Å². The summed E-state index contributed by atoms with van der Waals surface area (Å²) >= 11 is 0. The van der Waals surface area contributed by atoms with E-state index in [1.54, 1.807) is 6.92 Å². The largest absolute Gasteiger partial charge is 0.356 e. The lowest BCUT2D eigenvalue weighted by Gasteiger charge is -2.26. The van der Waals surface area contributed by atoms with Gasteiger partial charge in [0, 0.05) is 18.4 Å². The molecule has 0 aromatic rings. The van der Waals surface area contributed by atoms with Crippen molar-refractivity contribution >= 4 is 11.7 Å². The summed E-state index contributed by atoms with van der Waals surface area (Å²) in [7, 11) is 1.92. The highest BCUT2D eigenvalue weighted by atomic mass is 16.2. The van der Waals surface area contributed by atoms with Gasteiger partial charge in [0.05, 0.1) is 0 Å². The van der Waals surface area contributed by atoms with Crippen molar-refractivity contribution in [2.45, 2.75) is 39.5 Å². The van der Waals surface area contributed by atoms with E-state index >= 15 is 0 Å². The van der Waals surface area contributed by atoms with Crippen LogP contribution in [0.4, 0.5) is 0 Å². The molecule has 0 bridgehead atoms. The van der Waals surface area contributed by atoms with Crippen LogP contribution in [0.5, 0.6) is 0 Å². The number of ketones is 1. The van der Waals surface area contributed by atoms with Gasteiger partial charge in [-0.05, 0) is 52.1 Å². The fourth-order valence-electron chi connectivity index (χ4n) is 2.60. The van der Waals surface area contributed by atoms with E-state index in [0.717, 1.165) is 38.8 Å². The predicted molar refractivity (Wildman–Crippen MR) is 72.2 cm³/mol. The average molecular weight is 254 g/mol. The quantitative estimate of drug-likeness (QED) is 0.752. The third-order valence-corrected chi connectivity index (χ3v) is 3.85. The van der Waals surface area contributed by atoms with Gasteiger partial charge >= 0.3 is 0 Å². The first-order valence-electron chi connectivity index (χ1n) is 6.97. The molecule has 0 radical (unpaired) electrons. The molecule has 0 spiro atoms. The molecule has 2 N–H and O–H groups in total. The Labute approximate surface area is 110 Å². The molecule has 104 valence electrons. The van der Waals surface area contributed by atoms with E-state index in [1.165, 1.54) is 0 Å². The fourth-order valence-corrected chi connectivity index (χ4v) is 2.60. The molecule has 0 heterocycles. The van der Waals surface area contributed by atoms with Crippen LogP contribution in [0.3, 0.4) is 0 Å². The van der Waals surface area contributed by atoms with Gasteiger partial charge in [-0.3, -0.25) is 9.59 Å². The first kappa shape index (κ1) is 15.2. The van der Waals surface area contributed by atoms with Crippen molar-refractivity contribution in [1.82, 2.24) is 10.6 Å². The van der Waals surface area contributed by atoms with Crippen LogP contribution in [0.15, 0.2) is 0 Å². The molecule has 1 unspecified atom stereocenters. The van der Waals surface area contributed by atoms with Crippen molar-refractivity contribution in [1.29, 1.82) is 0 Å². The molecule has 1 aliphatic rings. The molecule has 4 heteroatoms. The molecule has 1 amide bonds. The van der Waals surface area contributed by atoms with E-state index < -0.39 is 0 Å². The summed E-state index contributed by atoms with van der Waals surface area (Å²) in [5.74, 6) is 1.20. The van der Waals surface area contributed by atoms with E-state index in [0.29, 0.717) is 5.92 Å². The van der Waals surface area contributed by atoms with Gasteiger partial charge in [0.2, 0.25) is 5.91 Å². The van der Waals surface area contributed by atoms with E-state index in [1.807, 2.05) is 7.05 Å². The third-order valence-electron chi connectivity index (χ3n) is 3.85. The molecule has 1 aliphatic carbocycles. The minimum Gasteiger partial charge on any atom is -0.356 e. The maximum absolute atomic E-state index is 12.0. The first-order chi connectivity index (χ1) is 8.54. The van der Waals surface area contributed by atoms with Crippen LogP contribution in [0, 0.1) is 17.8 Å². The van der Waals surface area contributed by atoms with Crippen LogP contribution in [-0.4, -0.2) is 31.8 Å². The summed E-state index contributed by atoms with van der Waals surface area (Å²) < 4.78 is 0. The number of carbonyl (C=O) groups is 2. The number of rotatable bonds is 6. The fraction of sp³-hybridized carbons (Fsp3) is 0.857. The van der Waals surface area contributed by atoms with Crippen molar-refractivity contribution in [2.75, 3.05) is 20.1 Å². The Morgan fingerprint density at radius 1 is 1.11 bits per heavy atom. The standard InChI is InChI=1S/C14H26N2O2/c1-10(8-15-3)9-16-14(18)13-6-4-12(5-7-13)11(2)17/h10,12-13,15H,4-9H2,1-3H3,(H,16,18). The summed E-state index contributed by atoms with van der Waals surface area (Å²) in [6.45, 7) is 5.41. The Bertz CT molecular complexity index is 284. The summed E-state index contributed by atoms with van der Waals surface area (Å²) in [6, 6.07) is 0. The van der Waals surface area contributed by atoms with Crippen LogP contribution in [-0.2, 0) is 9.59 Å². The van der Waals surface area contributed by atoms with Gasteiger partial charge in [0.15, 0.2) is 0 Å². The summed E-state index contributed by atoms with van der Waals surface area (Å²) in [4.78, 5) is 23.2. The molecule has 4 nitrogen and oxygen atoms in total. The minimum atomic E-state index is 0.113. The summed E-state index contributed by atoms with van der Waals surface area (Å²) in [6.07, 6.45) is 3.46. The molecule has 1 saturated carbocycles. The third kappa shape index (κ3) is 4.77. The zero-order valence-corrected chi connectivity index (χ0v) is 11.8. The number of hydrogen-bond acceptors (Lipinski definition) is 3. The van der Waals surface area contributed by atoms with Crippen LogP contribution < -0.4 is 10.6 Å². The Morgan fingerprint density at radius 2 is 1.67 bits per heavy atom. The van der Waals surface area contributed by atoms with Gasteiger partial charge in [-0.1, -0.05) is 6.92 Å². The molecule has 0 aromatic heterocycles. The highest BCUT2D eigenvalue weighted by Crippen LogP contribution is 2.29. The second-order valence-electron chi connectivity index (χ2n) is 5.57. The number of nitrogens with one attached hydrogen (secondary N) is 2. The number of Topliss-reactive ketones (excluding diaryl/α,β-unsaturated/α-hetero) is 1. The zero-order valence-electron chi connectivity index (χ0n) is 11.8. The number of amides is 1. The SMILES string of the molecule is CNCC(C)CNC(=O)C1CCC(C(C)=O)CC1. The Hall–Kier alpha value is -0.900. The molecule has 1 rings (SSSR count). The molecule has 0 aromatic carbocycles. The van der Waals surface area contributed by atoms with Gasteiger partial charge in [0.25, 0.3) is 0 Å². The van der Waals surface area contributed by atoms with Gasteiger partial charge in [-0.25, -0.2) is 0 Å². The highest BCUT2D eigenvalue weighted by Gasteiger charge is 2.28. The van der Waals surface area contributed by atoms with Gasteiger partial charge in [-0.2, -0.15) is 0 Å². The maximum Gasteiger partial charge on any atom is 0.223 e. The van der Waals surface area contributed by atoms with Crippen LogP contribution >= 0.6 is 0 Å². The lowest BCUT2D eigenvalue weighted by Crippen LogP contribution is -2.37. The van der Waals surface area contributed by atoms with Gasteiger partial charge < -0.3 is 10.6 Å². The van der Waals surface area contributed by atoms with E-state index in [2.05, 4.69) is 17.6 Å². The number of carbonyl (C=O) groups excluding carboxylic acids is 2. The van der Waals surface area contributed by atoms with E-state index in [-0.39, 0.29) is 23.5 Å². The maximum atomic E-state index is 12.0. The van der Waals surface area contributed by atoms with Gasteiger partial charge in [0.1, 0.15) is 5.78 Å². The minimum absolute atomic E-state index is 0.113. The Morgan fingerprint density at radius 3 is 2.17 bits per heavy atom. The smallest absolute Gasteiger partial charge is 0.223 e. The molecule has 1 fully saturated rings. The van der Waals surface area contributed by atoms with Crippen molar-refractivity contribution < 1.29 is 9.59 Å². The second kappa shape index (κ2) is 7.52. The Kier molecular flexibility index (Phi) is 6.33. The normalized spacial score (nSPS) is 25.5. The van der Waals surface area contributed by atoms with Crippen LogP contribution in [0.2, 0.25) is 0 Å². The van der Waals surface area contributed by atoms with Crippen LogP contribution in [0.25, 0.3) is 0 Å². The van der Waals surface area contributed by atoms with E-state index in [4.69, 9.17) is 0 Å². The monoisotopic (exact) mass is 254 g/mol. The van der Waals surface area contributed by atoms with Crippen molar-refractivity contribution in [3.63, 3.8) is 0 Å². The molecule has 18 heavy (non-hydrogen) atoms. The predicted octanol–water partition coefficient (Wildman–Crippen LogP) is 1.35. The molecular formula is C14H26N2O2. The average Bonchev–Trinajstić information content (AvgIpc) is 2.36. The van der Waals surface area contributed by atoms with Crippen molar-refractivity contribution in [2.24, 2.45) is 17.8 Å². The van der Waals surface area contributed by atoms with Crippen molar-refractivity contribution in [3.8, 4) is 0 Å². The lowest BCUT2D eigenvalue weighted by atomic mass is 9.80. The lowest BCUT2D eigenvalue weighted by molar-refractivity contribution is -0.128. The molecule has 1 atom stereocenters. The number of hydrogen-bond donors (Lipinski definition) is 2. The topological polar surface area (TPSA) is 58.2 Å². The molecule has 0 aliphatic heterocycles. The molecule has 0 saturated heterocycles. The summed E-state index contributed by atoms with van der Waals surface area (Å²) in [5, 5.41) is 6.12. The van der Waals surface area contributed by atoms with Crippen LogP contribution in [0.1, 0.15) is 39.5 Å². The first-order valence-corrected chi connectivity index (χ1v) is 6.97. The van der Waals surface area contributed by atoms with Gasteiger partial charge in [-0.15, -0.1) is 0 Å². The highest BCUT2D eigenvalue weighted by molar-refractivity contribution is 5.80. The molecular weight excluding hydrogens is 228 g/mol. The summed E-state index contributed by atoms with van der Waals surface area (Å²) in [5.41, 5.74) is 0.